The maximum absolute atomic E-state index is 12.2. The average molecular weight is 412 g/mol. The second-order valence-electron chi connectivity index (χ2n) is 6.76. The Bertz CT molecular complexity index is 1050. The molecule has 10 heteroatoms. The number of aromatic nitrogens is 1. The summed E-state index contributed by atoms with van der Waals surface area (Å²) in [6.45, 7) is 0. The second-order valence-corrected chi connectivity index (χ2v) is 6.76. The number of aliphatic hydroxyl groups is 2. The Morgan fingerprint density at radius 1 is 1.13 bits per heavy atom. The van der Waals surface area contributed by atoms with Gasteiger partial charge >= 0.3 is 0 Å². The molecular formula is C20H20N4O6. The van der Waals surface area contributed by atoms with Gasteiger partial charge in [-0.2, -0.15) is 0 Å². The highest BCUT2D eigenvalue weighted by Crippen LogP contribution is 2.20. The van der Waals surface area contributed by atoms with E-state index in [0.717, 1.165) is 10.9 Å². The molecule has 3 aromatic rings. The van der Waals surface area contributed by atoms with Crippen molar-refractivity contribution in [2.75, 3.05) is 0 Å². The molecule has 1 aromatic heterocycles. The van der Waals surface area contributed by atoms with E-state index in [1.807, 2.05) is 24.3 Å². The van der Waals surface area contributed by atoms with Crippen LogP contribution in [-0.4, -0.2) is 44.1 Å². The Morgan fingerprint density at radius 3 is 2.43 bits per heavy atom. The highest BCUT2D eigenvalue weighted by molar-refractivity contribution is 5.91. The van der Waals surface area contributed by atoms with E-state index in [2.05, 4.69) is 10.3 Å². The van der Waals surface area contributed by atoms with Crippen molar-refractivity contribution in [2.45, 2.75) is 24.8 Å². The molecule has 2 aromatic carbocycles. The molecule has 0 aliphatic heterocycles. The van der Waals surface area contributed by atoms with Gasteiger partial charge in [0.25, 0.3) is 5.69 Å². The van der Waals surface area contributed by atoms with Crippen molar-refractivity contribution in [3.63, 3.8) is 0 Å². The summed E-state index contributed by atoms with van der Waals surface area (Å²) in [6, 6.07) is 12.6. The number of nitrogens with two attached hydrogens (primary N) is 1. The molecule has 0 spiro atoms. The van der Waals surface area contributed by atoms with E-state index in [1.165, 1.54) is 24.3 Å². The van der Waals surface area contributed by atoms with Crippen LogP contribution in [0.4, 0.5) is 5.69 Å². The lowest BCUT2D eigenvalue weighted by atomic mass is 10.0. The van der Waals surface area contributed by atoms with Crippen molar-refractivity contribution in [2.24, 2.45) is 5.73 Å². The van der Waals surface area contributed by atoms with E-state index in [1.54, 1.807) is 6.07 Å². The summed E-state index contributed by atoms with van der Waals surface area (Å²) in [5.74, 6) is -1.61. The standard InChI is InChI=1S/C20H20N4O6/c21-17(18(26)11-5-7-14(8-6-11)24(29)30)20(28)23-19(27)16(25)10-13-9-12-3-1-2-4-15(12)22-13/h1-9,17-19,22,26-27H,10,21H2,(H,23,28)/t17-,18+,19+/m1/s1. The summed E-state index contributed by atoms with van der Waals surface area (Å²) in [7, 11) is 0. The number of nitro benzene ring substituents is 1. The smallest absolute Gasteiger partial charge is 0.269 e. The Morgan fingerprint density at radius 2 is 1.80 bits per heavy atom. The number of hydrogen-bond acceptors (Lipinski definition) is 7. The summed E-state index contributed by atoms with van der Waals surface area (Å²) in [5, 5.41) is 33.9. The predicted octanol–water partition coefficient (Wildman–Crippen LogP) is 0.683. The van der Waals surface area contributed by atoms with Gasteiger partial charge in [0.1, 0.15) is 12.1 Å². The zero-order valence-electron chi connectivity index (χ0n) is 15.7. The molecule has 0 bridgehead atoms. The van der Waals surface area contributed by atoms with E-state index >= 15 is 0 Å². The number of aliphatic hydroxyl groups excluding tert-OH is 2. The lowest BCUT2D eigenvalue weighted by Gasteiger charge is -2.20. The fraction of sp³-hybridized carbons (Fsp3) is 0.200. The minimum absolute atomic E-state index is 0.143. The number of nitrogens with zero attached hydrogens (tertiary/aromatic N) is 1. The quantitative estimate of drug-likeness (QED) is 0.206. The third-order valence-corrected chi connectivity index (χ3v) is 4.62. The fourth-order valence-electron chi connectivity index (χ4n) is 2.97. The average Bonchev–Trinajstić information content (AvgIpc) is 3.14. The maximum Gasteiger partial charge on any atom is 0.269 e. The number of hydrogen-bond donors (Lipinski definition) is 5. The van der Waals surface area contributed by atoms with Gasteiger partial charge < -0.3 is 26.2 Å². The van der Waals surface area contributed by atoms with Crippen LogP contribution >= 0.6 is 0 Å². The minimum Gasteiger partial charge on any atom is -0.386 e. The van der Waals surface area contributed by atoms with Gasteiger partial charge in [0.2, 0.25) is 5.91 Å². The summed E-state index contributed by atoms with van der Waals surface area (Å²) in [4.78, 5) is 37.6. The largest absolute Gasteiger partial charge is 0.386 e. The van der Waals surface area contributed by atoms with Crippen molar-refractivity contribution in [1.82, 2.24) is 10.3 Å². The zero-order chi connectivity index (χ0) is 21.8. The van der Waals surface area contributed by atoms with Crippen molar-refractivity contribution in [3.8, 4) is 0 Å². The summed E-state index contributed by atoms with van der Waals surface area (Å²) >= 11 is 0. The number of H-pyrrole nitrogens is 1. The first-order chi connectivity index (χ1) is 14.3. The van der Waals surface area contributed by atoms with Crippen LogP contribution in [0.15, 0.2) is 54.6 Å². The number of non-ortho nitro benzene ring substituents is 1. The number of rotatable bonds is 8. The Balaban J connectivity index is 1.59. The molecule has 1 heterocycles. The van der Waals surface area contributed by atoms with Gasteiger partial charge in [-0.05, 0) is 35.2 Å². The third-order valence-electron chi connectivity index (χ3n) is 4.62. The predicted molar refractivity (Wildman–Crippen MR) is 107 cm³/mol. The van der Waals surface area contributed by atoms with Gasteiger partial charge in [0.15, 0.2) is 12.0 Å². The first kappa shape index (κ1) is 21.1. The van der Waals surface area contributed by atoms with Crippen LogP contribution in [0, 0.1) is 10.1 Å². The molecule has 6 N–H and O–H groups in total. The summed E-state index contributed by atoms with van der Waals surface area (Å²) in [6.07, 6.45) is -3.43. The number of amides is 1. The number of Topliss-reactive ketones (excluding diaryl/α,β-unsaturated/α-hetero) is 1. The number of benzene rings is 2. The van der Waals surface area contributed by atoms with E-state index < -0.39 is 35.0 Å². The zero-order valence-corrected chi connectivity index (χ0v) is 15.7. The van der Waals surface area contributed by atoms with Gasteiger partial charge in [-0.3, -0.25) is 19.7 Å². The molecule has 3 atom stereocenters. The molecule has 0 saturated carbocycles. The molecule has 0 unspecified atom stereocenters. The van der Waals surface area contributed by atoms with Crippen LogP contribution < -0.4 is 11.1 Å². The number of para-hydroxylation sites is 1. The van der Waals surface area contributed by atoms with E-state index in [4.69, 9.17) is 5.73 Å². The van der Waals surface area contributed by atoms with Crippen molar-refractivity contribution in [1.29, 1.82) is 0 Å². The molecule has 10 nitrogen and oxygen atoms in total. The van der Waals surface area contributed by atoms with Crippen molar-refractivity contribution >= 4 is 28.3 Å². The Hall–Kier alpha value is -3.60. The van der Waals surface area contributed by atoms with E-state index in [9.17, 15) is 29.9 Å². The molecular weight excluding hydrogens is 392 g/mol. The van der Waals surface area contributed by atoms with Gasteiger partial charge in [-0.15, -0.1) is 0 Å². The fourth-order valence-corrected chi connectivity index (χ4v) is 2.97. The highest BCUT2D eigenvalue weighted by atomic mass is 16.6. The normalized spacial score (nSPS) is 14.1. The molecule has 0 aliphatic rings. The van der Waals surface area contributed by atoms with Crippen LogP contribution in [0.1, 0.15) is 17.4 Å². The molecule has 1 amide bonds. The molecule has 0 fully saturated rings. The summed E-state index contributed by atoms with van der Waals surface area (Å²) < 4.78 is 0. The Labute approximate surface area is 170 Å². The minimum atomic E-state index is -1.81. The topological polar surface area (TPSA) is 172 Å². The van der Waals surface area contributed by atoms with Crippen molar-refractivity contribution < 1.29 is 24.7 Å². The second kappa shape index (κ2) is 8.82. The molecule has 156 valence electrons. The van der Waals surface area contributed by atoms with Gasteiger partial charge in [0, 0.05) is 23.3 Å². The number of ketones is 1. The monoisotopic (exact) mass is 412 g/mol. The van der Waals surface area contributed by atoms with Gasteiger partial charge in [0.05, 0.1) is 11.3 Å². The lowest BCUT2D eigenvalue weighted by molar-refractivity contribution is -0.384. The first-order valence-electron chi connectivity index (χ1n) is 9.02. The molecule has 30 heavy (non-hydrogen) atoms. The van der Waals surface area contributed by atoms with Gasteiger partial charge in [-0.25, -0.2) is 0 Å². The van der Waals surface area contributed by atoms with Gasteiger partial charge in [-0.1, -0.05) is 18.2 Å². The molecule has 3 rings (SSSR count). The van der Waals surface area contributed by atoms with Crippen LogP contribution in [0.5, 0.6) is 0 Å². The number of nitro groups is 1. The molecule has 0 saturated heterocycles. The Kier molecular flexibility index (Phi) is 6.21. The number of nitrogens with one attached hydrogen (secondary N) is 2. The number of carbonyl (C=O) groups is 2. The lowest BCUT2D eigenvalue weighted by Crippen LogP contribution is -2.50. The van der Waals surface area contributed by atoms with Crippen LogP contribution in [0.25, 0.3) is 10.9 Å². The summed E-state index contributed by atoms with van der Waals surface area (Å²) in [5.41, 5.74) is 7.14. The first-order valence-corrected chi connectivity index (χ1v) is 9.02. The van der Waals surface area contributed by atoms with Crippen LogP contribution in [0.3, 0.4) is 0 Å². The van der Waals surface area contributed by atoms with Crippen molar-refractivity contribution in [3.05, 3.63) is 76.0 Å². The third kappa shape index (κ3) is 4.69. The maximum atomic E-state index is 12.2. The van der Waals surface area contributed by atoms with Crippen LogP contribution in [-0.2, 0) is 16.0 Å². The van der Waals surface area contributed by atoms with Crippen LogP contribution in [0.2, 0.25) is 0 Å². The SMILES string of the molecule is N[C@@H](C(=O)N[C@@H](O)C(=O)Cc1cc2ccccc2[nH]1)[C@@H](O)c1ccc([N+](=O)[O-])cc1. The molecule has 0 radical (unpaired) electrons. The van der Waals surface area contributed by atoms with E-state index in [-0.39, 0.29) is 17.7 Å². The number of fused-ring (bicyclic) bond motifs is 1. The highest BCUT2D eigenvalue weighted by Gasteiger charge is 2.28. The number of aromatic amines is 1. The van der Waals surface area contributed by atoms with E-state index in [0.29, 0.717) is 5.69 Å². The molecule has 0 aliphatic carbocycles. The number of carbonyl (C=O) groups excluding carboxylic acids is 2.